The molecule has 0 saturated heterocycles. The topological polar surface area (TPSA) is 52.3 Å². The van der Waals surface area contributed by atoms with E-state index in [1.807, 2.05) is 53.2 Å². The number of hydrogen-bond donors (Lipinski definition) is 0. The molecule has 0 saturated carbocycles. The summed E-state index contributed by atoms with van der Waals surface area (Å²) >= 11 is 5.13. The van der Waals surface area contributed by atoms with Crippen molar-refractivity contribution in [1.29, 1.82) is 0 Å². The molecule has 0 fully saturated rings. The lowest BCUT2D eigenvalue weighted by molar-refractivity contribution is 0.415. The molecule has 0 N–H and O–H groups in total. The van der Waals surface area contributed by atoms with E-state index in [0.29, 0.717) is 0 Å². The second kappa shape index (κ2) is 6.41. The van der Waals surface area contributed by atoms with Gasteiger partial charge in [-0.3, -0.25) is 0 Å². The summed E-state index contributed by atoms with van der Waals surface area (Å²) in [7, 11) is 1.66. The van der Waals surface area contributed by atoms with Gasteiger partial charge in [0.2, 0.25) is 5.16 Å². The largest absolute Gasteiger partial charge is 0.497 e. The first kappa shape index (κ1) is 15.4. The number of benzene rings is 2. The minimum atomic E-state index is 0.740. The van der Waals surface area contributed by atoms with Crippen LogP contribution in [0.4, 0.5) is 0 Å². The van der Waals surface area contributed by atoms with Gasteiger partial charge in [-0.15, -0.1) is 10.2 Å². The van der Waals surface area contributed by atoms with E-state index in [0.717, 1.165) is 43.8 Å². The predicted octanol–water partition coefficient (Wildman–Crippen LogP) is 4.07. The Kier molecular flexibility index (Phi) is 4.12. The van der Waals surface area contributed by atoms with Crippen LogP contribution in [0, 0.1) is 0 Å². The molecular formula is C17H13BrN4OS. The Balaban J connectivity index is 1.75. The van der Waals surface area contributed by atoms with E-state index in [1.165, 1.54) is 0 Å². The zero-order valence-electron chi connectivity index (χ0n) is 12.8. The lowest BCUT2D eigenvalue weighted by atomic mass is 10.1. The van der Waals surface area contributed by atoms with Gasteiger partial charge in [0, 0.05) is 15.8 Å². The number of rotatable bonds is 3. The first-order chi connectivity index (χ1) is 11.7. The second-order valence-electron chi connectivity index (χ2n) is 5.19. The summed E-state index contributed by atoms with van der Waals surface area (Å²) < 4.78 is 8.03. The third-order valence-electron chi connectivity index (χ3n) is 3.68. The SMILES string of the molecule is COc1ccc(C2=Nn3c(nnc3-c3cccc(Br)c3)SC2)cc1. The number of hydrogen-bond acceptors (Lipinski definition) is 5. The van der Waals surface area contributed by atoms with Crippen molar-refractivity contribution in [3.8, 4) is 17.1 Å². The predicted molar refractivity (Wildman–Crippen MR) is 98.8 cm³/mol. The molecule has 1 aromatic heterocycles. The van der Waals surface area contributed by atoms with Gasteiger partial charge in [-0.1, -0.05) is 39.8 Å². The molecule has 0 unspecified atom stereocenters. The van der Waals surface area contributed by atoms with Crippen molar-refractivity contribution in [2.75, 3.05) is 12.9 Å². The van der Waals surface area contributed by atoms with Crippen molar-refractivity contribution in [1.82, 2.24) is 14.9 Å². The normalized spacial score (nSPS) is 13.3. The molecular weight excluding hydrogens is 388 g/mol. The minimum Gasteiger partial charge on any atom is -0.497 e. The van der Waals surface area contributed by atoms with Crippen LogP contribution in [0.1, 0.15) is 5.56 Å². The van der Waals surface area contributed by atoms with E-state index in [1.54, 1.807) is 18.9 Å². The average molecular weight is 401 g/mol. The number of fused-ring (bicyclic) bond motifs is 1. The molecule has 0 atom stereocenters. The van der Waals surface area contributed by atoms with Crippen molar-refractivity contribution in [2.45, 2.75) is 5.16 Å². The summed E-state index contributed by atoms with van der Waals surface area (Å²) in [5.74, 6) is 2.34. The monoisotopic (exact) mass is 400 g/mol. The molecule has 3 aromatic rings. The maximum atomic E-state index is 5.21. The van der Waals surface area contributed by atoms with Gasteiger partial charge in [0.05, 0.1) is 12.8 Å². The van der Waals surface area contributed by atoms with Crippen LogP contribution in [0.5, 0.6) is 5.75 Å². The van der Waals surface area contributed by atoms with Crippen molar-refractivity contribution in [2.24, 2.45) is 5.10 Å². The Morgan fingerprint density at radius 3 is 2.67 bits per heavy atom. The Hall–Kier alpha value is -2.12. The number of ether oxygens (including phenoxy) is 1. The van der Waals surface area contributed by atoms with Crippen LogP contribution in [0.25, 0.3) is 11.4 Å². The van der Waals surface area contributed by atoms with Crippen LogP contribution in [0.3, 0.4) is 0 Å². The molecule has 0 radical (unpaired) electrons. The van der Waals surface area contributed by atoms with Crippen LogP contribution >= 0.6 is 27.7 Å². The summed E-state index contributed by atoms with van der Waals surface area (Å²) in [5, 5.41) is 14.1. The highest BCUT2D eigenvalue weighted by Crippen LogP contribution is 2.29. The Labute approximate surface area is 151 Å². The van der Waals surface area contributed by atoms with Gasteiger partial charge in [0.1, 0.15) is 5.75 Å². The van der Waals surface area contributed by atoms with Gasteiger partial charge in [-0.2, -0.15) is 9.78 Å². The first-order valence-electron chi connectivity index (χ1n) is 7.31. The third kappa shape index (κ3) is 2.85. The van der Waals surface area contributed by atoms with Crippen LogP contribution in [-0.4, -0.2) is 33.4 Å². The smallest absolute Gasteiger partial charge is 0.212 e. The zero-order valence-corrected chi connectivity index (χ0v) is 15.2. The molecule has 0 bridgehead atoms. The Morgan fingerprint density at radius 1 is 1.08 bits per heavy atom. The summed E-state index contributed by atoms with van der Waals surface area (Å²) in [6.45, 7) is 0. The molecule has 4 rings (SSSR count). The van der Waals surface area contributed by atoms with Crippen molar-refractivity contribution in [3.63, 3.8) is 0 Å². The number of aromatic nitrogens is 3. The Morgan fingerprint density at radius 2 is 1.92 bits per heavy atom. The molecule has 1 aliphatic heterocycles. The second-order valence-corrected chi connectivity index (χ2v) is 7.05. The molecule has 0 spiro atoms. The summed E-state index contributed by atoms with van der Waals surface area (Å²) in [6, 6.07) is 15.9. The lowest BCUT2D eigenvalue weighted by Crippen LogP contribution is -2.13. The van der Waals surface area contributed by atoms with Gasteiger partial charge >= 0.3 is 0 Å². The molecule has 0 aliphatic carbocycles. The van der Waals surface area contributed by atoms with E-state index < -0.39 is 0 Å². The fourth-order valence-electron chi connectivity index (χ4n) is 2.46. The first-order valence-corrected chi connectivity index (χ1v) is 9.09. The van der Waals surface area contributed by atoms with Crippen LogP contribution in [0.15, 0.2) is 63.3 Å². The number of methoxy groups -OCH3 is 1. The Bertz CT molecular complexity index is 921. The maximum absolute atomic E-state index is 5.21. The molecule has 0 amide bonds. The van der Waals surface area contributed by atoms with Gasteiger partial charge in [-0.25, -0.2) is 0 Å². The van der Waals surface area contributed by atoms with Crippen LogP contribution in [-0.2, 0) is 0 Å². The van der Waals surface area contributed by atoms with E-state index in [-0.39, 0.29) is 0 Å². The standard InChI is InChI=1S/C17H13BrN4OS/c1-23-14-7-5-11(6-8-14)15-10-24-17-20-19-16(22(17)21-15)12-3-2-4-13(18)9-12/h2-9H,10H2,1H3. The molecule has 2 aromatic carbocycles. The average Bonchev–Trinajstić information content (AvgIpc) is 3.05. The fourth-order valence-corrected chi connectivity index (χ4v) is 3.70. The quantitative estimate of drug-likeness (QED) is 0.664. The zero-order chi connectivity index (χ0) is 16.5. The van der Waals surface area contributed by atoms with E-state index in [2.05, 4.69) is 26.1 Å². The number of halogens is 1. The summed E-state index contributed by atoms with van der Waals surface area (Å²) in [5.41, 5.74) is 3.04. The molecule has 120 valence electrons. The maximum Gasteiger partial charge on any atom is 0.212 e. The molecule has 2 heterocycles. The highest BCUT2D eigenvalue weighted by molar-refractivity contribution is 9.10. The molecule has 5 nitrogen and oxygen atoms in total. The van der Waals surface area contributed by atoms with Gasteiger partial charge < -0.3 is 4.74 Å². The lowest BCUT2D eigenvalue weighted by Gasteiger charge is -2.14. The molecule has 24 heavy (non-hydrogen) atoms. The van der Waals surface area contributed by atoms with Crippen molar-refractivity contribution < 1.29 is 4.74 Å². The van der Waals surface area contributed by atoms with Crippen molar-refractivity contribution in [3.05, 3.63) is 58.6 Å². The van der Waals surface area contributed by atoms with Crippen LogP contribution in [0.2, 0.25) is 0 Å². The fraction of sp³-hybridized carbons (Fsp3) is 0.118. The van der Waals surface area contributed by atoms with E-state index >= 15 is 0 Å². The third-order valence-corrected chi connectivity index (χ3v) is 5.10. The summed E-state index contributed by atoms with van der Waals surface area (Å²) in [4.78, 5) is 0. The van der Waals surface area contributed by atoms with Crippen molar-refractivity contribution >= 4 is 33.4 Å². The van der Waals surface area contributed by atoms with Gasteiger partial charge in [-0.05, 0) is 42.0 Å². The highest BCUT2D eigenvalue weighted by atomic mass is 79.9. The molecule has 7 heteroatoms. The minimum absolute atomic E-state index is 0.740. The van der Waals surface area contributed by atoms with Gasteiger partial charge in [0.25, 0.3) is 0 Å². The number of thioether (sulfide) groups is 1. The number of nitrogens with zero attached hydrogens (tertiary/aromatic N) is 4. The van der Waals surface area contributed by atoms with Gasteiger partial charge in [0.15, 0.2) is 5.82 Å². The van der Waals surface area contributed by atoms with Crippen LogP contribution < -0.4 is 4.74 Å². The van der Waals surface area contributed by atoms with E-state index in [4.69, 9.17) is 9.84 Å². The highest BCUT2D eigenvalue weighted by Gasteiger charge is 2.20. The van der Waals surface area contributed by atoms with E-state index in [9.17, 15) is 0 Å². The molecule has 1 aliphatic rings. The summed E-state index contributed by atoms with van der Waals surface area (Å²) in [6.07, 6.45) is 0.